The van der Waals surface area contributed by atoms with Gasteiger partial charge in [0.25, 0.3) is 5.91 Å². The molecule has 0 aliphatic rings. The van der Waals surface area contributed by atoms with Gasteiger partial charge >= 0.3 is 12.0 Å². The predicted molar refractivity (Wildman–Crippen MR) is 110 cm³/mol. The molecule has 0 unspecified atom stereocenters. The number of carbonyl (C=O) groups is 3. The SMILES string of the molecule is CCCCNC(=O)NC(=O)COC(=O)c1ccc(Cn2nnc3ccccc32)cc1. The van der Waals surface area contributed by atoms with Crippen molar-refractivity contribution in [2.45, 2.75) is 26.3 Å². The normalized spacial score (nSPS) is 10.6. The summed E-state index contributed by atoms with van der Waals surface area (Å²) in [5.74, 6) is -1.33. The number of nitrogens with one attached hydrogen (secondary N) is 2. The lowest BCUT2D eigenvalue weighted by Gasteiger charge is -2.08. The minimum atomic E-state index is -0.688. The molecule has 3 amide bonds. The average molecular weight is 409 g/mol. The van der Waals surface area contributed by atoms with Gasteiger partial charge in [-0.15, -0.1) is 5.10 Å². The molecule has 0 spiro atoms. The maximum absolute atomic E-state index is 12.1. The van der Waals surface area contributed by atoms with Crippen molar-refractivity contribution in [1.82, 2.24) is 25.6 Å². The van der Waals surface area contributed by atoms with Crippen molar-refractivity contribution in [1.29, 1.82) is 0 Å². The van der Waals surface area contributed by atoms with E-state index in [2.05, 4.69) is 20.9 Å². The number of imide groups is 1. The zero-order valence-corrected chi connectivity index (χ0v) is 16.6. The Bertz CT molecular complexity index is 1030. The third-order valence-corrected chi connectivity index (χ3v) is 4.35. The quantitative estimate of drug-likeness (QED) is 0.436. The summed E-state index contributed by atoms with van der Waals surface area (Å²) in [5.41, 5.74) is 2.98. The number of rotatable bonds is 8. The van der Waals surface area contributed by atoms with E-state index < -0.39 is 24.5 Å². The van der Waals surface area contributed by atoms with Gasteiger partial charge in [-0.3, -0.25) is 10.1 Å². The Hall–Kier alpha value is -3.75. The van der Waals surface area contributed by atoms with Crippen LogP contribution in [0.1, 0.15) is 35.7 Å². The summed E-state index contributed by atoms with van der Waals surface area (Å²) in [5, 5.41) is 12.9. The van der Waals surface area contributed by atoms with E-state index >= 15 is 0 Å². The summed E-state index contributed by atoms with van der Waals surface area (Å²) in [7, 11) is 0. The van der Waals surface area contributed by atoms with Crippen molar-refractivity contribution in [3.8, 4) is 0 Å². The number of benzene rings is 2. The van der Waals surface area contributed by atoms with Crippen LogP contribution in [0.4, 0.5) is 4.79 Å². The molecule has 0 bridgehead atoms. The fourth-order valence-corrected chi connectivity index (χ4v) is 2.75. The number of hydrogen-bond donors (Lipinski definition) is 2. The van der Waals surface area contributed by atoms with E-state index in [1.54, 1.807) is 28.9 Å². The number of esters is 1. The minimum absolute atomic E-state index is 0.308. The van der Waals surface area contributed by atoms with Gasteiger partial charge in [0.1, 0.15) is 5.52 Å². The van der Waals surface area contributed by atoms with Gasteiger partial charge in [-0.25, -0.2) is 14.3 Å². The molecule has 156 valence electrons. The first-order valence-electron chi connectivity index (χ1n) is 9.69. The number of carbonyl (C=O) groups excluding carboxylic acids is 3. The number of para-hydroxylation sites is 1. The third-order valence-electron chi connectivity index (χ3n) is 4.35. The van der Waals surface area contributed by atoms with Crippen molar-refractivity contribution >= 4 is 28.9 Å². The molecule has 3 rings (SSSR count). The number of nitrogens with zero attached hydrogens (tertiary/aromatic N) is 3. The van der Waals surface area contributed by atoms with Crippen molar-refractivity contribution in [2.24, 2.45) is 0 Å². The first-order valence-corrected chi connectivity index (χ1v) is 9.69. The number of ether oxygens (including phenoxy) is 1. The molecule has 2 N–H and O–H groups in total. The molecule has 1 heterocycles. The molecular weight excluding hydrogens is 386 g/mol. The molecule has 2 aromatic carbocycles. The maximum Gasteiger partial charge on any atom is 0.338 e. The molecule has 9 nitrogen and oxygen atoms in total. The van der Waals surface area contributed by atoms with E-state index in [0.717, 1.165) is 29.4 Å². The van der Waals surface area contributed by atoms with Gasteiger partial charge < -0.3 is 10.1 Å². The Kier molecular flexibility index (Phi) is 7.09. The van der Waals surface area contributed by atoms with Crippen LogP contribution < -0.4 is 10.6 Å². The fraction of sp³-hybridized carbons (Fsp3) is 0.286. The van der Waals surface area contributed by atoms with Gasteiger partial charge in [0.2, 0.25) is 0 Å². The molecular formula is C21H23N5O4. The number of urea groups is 1. The van der Waals surface area contributed by atoms with Gasteiger partial charge in [-0.1, -0.05) is 42.8 Å². The van der Waals surface area contributed by atoms with Gasteiger partial charge in [0.05, 0.1) is 17.6 Å². The van der Waals surface area contributed by atoms with Crippen molar-refractivity contribution < 1.29 is 19.1 Å². The zero-order valence-electron chi connectivity index (χ0n) is 16.6. The van der Waals surface area contributed by atoms with Crippen molar-refractivity contribution in [3.63, 3.8) is 0 Å². The van der Waals surface area contributed by atoms with E-state index in [0.29, 0.717) is 18.7 Å². The zero-order chi connectivity index (χ0) is 21.3. The van der Waals surface area contributed by atoms with Crippen LogP contribution in [-0.4, -0.2) is 46.1 Å². The Labute approximate surface area is 173 Å². The molecule has 3 aromatic rings. The second kappa shape index (κ2) is 10.1. The molecule has 0 aliphatic carbocycles. The fourth-order valence-electron chi connectivity index (χ4n) is 2.75. The predicted octanol–water partition coefficient (Wildman–Crippen LogP) is 2.26. The topological polar surface area (TPSA) is 115 Å². The highest BCUT2D eigenvalue weighted by molar-refractivity contribution is 5.97. The Morgan fingerprint density at radius 1 is 1.07 bits per heavy atom. The van der Waals surface area contributed by atoms with E-state index in [1.807, 2.05) is 31.2 Å². The Morgan fingerprint density at radius 3 is 2.60 bits per heavy atom. The lowest BCUT2D eigenvalue weighted by molar-refractivity contribution is -0.123. The van der Waals surface area contributed by atoms with Crippen LogP contribution in [0.5, 0.6) is 0 Å². The smallest absolute Gasteiger partial charge is 0.338 e. The monoisotopic (exact) mass is 409 g/mol. The van der Waals surface area contributed by atoms with E-state index in [9.17, 15) is 14.4 Å². The van der Waals surface area contributed by atoms with Crippen LogP contribution in [0.3, 0.4) is 0 Å². The Balaban J connectivity index is 1.49. The number of unbranched alkanes of at least 4 members (excludes halogenated alkanes) is 1. The summed E-state index contributed by atoms with van der Waals surface area (Å²) in [6.45, 7) is 2.44. The summed E-state index contributed by atoms with van der Waals surface area (Å²) < 4.78 is 6.74. The number of hydrogen-bond acceptors (Lipinski definition) is 6. The van der Waals surface area contributed by atoms with Crippen LogP contribution in [0.25, 0.3) is 11.0 Å². The van der Waals surface area contributed by atoms with E-state index in [4.69, 9.17) is 4.74 Å². The van der Waals surface area contributed by atoms with Crippen LogP contribution in [0.2, 0.25) is 0 Å². The van der Waals surface area contributed by atoms with Crippen LogP contribution in [0.15, 0.2) is 48.5 Å². The molecule has 0 radical (unpaired) electrons. The van der Waals surface area contributed by atoms with E-state index in [1.165, 1.54) is 0 Å². The van der Waals surface area contributed by atoms with Gasteiger partial charge in [0.15, 0.2) is 6.61 Å². The molecule has 1 aromatic heterocycles. The van der Waals surface area contributed by atoms with E-state index in [-0.39, 0.29) is 0 Å². The van der Waals surface area contributed by atoms with Crippen molar-refractivity contribution in [2.75, 3.05) is 13.2 Å². The van der Waals surface area contributed by atoms with Gasteiger partial charge in [0, 0.05) is 6.54 Å². The van der Waals surface area contributed by atoms with Crippen LogP contribution in [-0.2, 0) is 16.1 Å². The first-order chi connectivity index (χ1) is 14.6. The number of amides is 3. The summed E-state index contributed by atoms with van der Waals surface area (Å²) >= 11 is 0. The van der Waals surface area contributed by atoms with Crippen molar-refractivity contribution in [3.05, 3.63) is 59.7 Å². The second-order valence-electron chi connectivity index (χ2n) is 6.67. The molecule has 30 heavy (non-hydrogen) atoms. The molecule has 0 atom stereocenters. The summed E-state index contributed by atoms with van der Waals surface area (Å²) in [6, 6.07) is 13.9. The lowest BCUT2D eigenvalue weighted by atomic mass is 10.1. The average Bonchev–Trinajstić information content (AvgIpc) is 3.15. The highest BCUT2D eigenvalue weighted by Gasteiger charge is 2.13. The number of aromatic nitrogens is 3. The minimum Gasteiger partial charge on any atom is -0.452 e. The van der Waals surface area contributed by atoms with Gasteiger partial charge in [-0.05, 0) is 36.2 Å². The standard InChI is InChI=1S/C21H23N5O4/c1-2-3-12-22-21(29)23-19(27)14-30-20(28)16-10-8-15(9-11-16)13-26-18-7-5-4-6-17(18)24-25-26/h4-11H,2-3,12-14H2,1H3,(H2,22,23,27,29). The summed E-state index contributed by atoms with van der Waals surface area (Å²) in [6.07, 6.45) is 1.75. The van der Waals surface area contributed by atoms with Crippen LogP contribution in [0, 0.1) is 0 Å². The first kappa shape index (κ1) is 21.0. The van der Waals surface area contributed by atoms with Gasteiger partial charge in [-0.2, -0.15) is 0 Å². The molecule has 0 saturated heterocycles. The van der Waals surface area contributed by atoms with Crippen LogP contribution >= 0.6 is 0 Å². The molecule has 0 saturated carbocycles. The summed E-state index contributed by atoms with van der Waals surface area (Å²) in [4.78, 5) is 35.3. The number of fused-ring (bicyclic) bond motifs is 1. The third kappa shape index (κ3) is 5.63. The second-order valence-corrected chi connectivity index (χ2v) is 6.67. The highest BCUT2D eigenvalue weighted by Crippen LogP contribution is 2.13. The highest BCUT2D eigenvalue weighted by atomic mass is 16.5. The molecule has 9 heteroatoms. The Morgan fingerprint density at radius 2 is 1.83 bits per heavy atom. The maximum atomic E-state index is 12.1. The molecule has 0 fully saturated rings. The largest absolute Gasteiger partial charge is 0.452 e. The lowest BCUT2D eigenvalue weighted by Crippen LogP contribution is -2.41. The molecule has 0 aliphatic heterocycles.